The van der Waals surface area contributed by atoms with E-state index in [-0.39, 0.29) is 22.4 Å². The minimum absolute atomic E-state index is 0.129. The van der Waals surface area contributed by atoms with Gasteiger partial charge >= 0.3 is 5.97 Å². The second-order valence-electron chi connectivity index (χ2n) is 6.03. The molecule has 9 heteroatoms. The van der Waals surface area contributed by atoms with Crippen molar-refractivity contribution in [2.24, 2.45) is 4.99 Å². The fourth-order valence-electron chi connectivity index (χ4n) is 2.47. The van der Waals surface area contributed by atoms with Crippen molar-refractivity contribution in [3.8, 4) is 11.5 Å². The summed E-state index contributed by atoms with van der Waals surface area (Å²) in [5, 5.41) is 12.1. The summed E-state index contributed by atoms with van der Waals surface area (Å²) in [5.41, 5.74) is 2.47. The molecule has 1 aliphatic heterocycles. The minimum Gasteiger partial charge on any atom is -0.493 e. The van der Waals surface area contributed by atoms with Crippen LogP contribution in [0.1, 0.15) is 11.1 Å². The quantitative estimate of drug-likeness (QED) is 0.669. The van der Waals surface area contributed by atoms with Crippen molar-refractivity contribution in [3.63, 3.8) is 0 Å². The summed E-state index contributed by atoms with van der Waals surface area (Å²) in [6.07, 6.45) is 1.65. The topological polar surface area (TPSA) is 97.2 Å². The highest BCUT2D eigenvalue weighted by molar-refractivity contribution is 8.18. The van der Waals surface area contributed by atoms with Crippen LogP contribution < -0.4 is 14.8 Å². The number of thioether (sulfide) groups is 1. The van der Waals surface area contributed by atoms with Crippen LogP contribution in [-0.4, -0.2) is 35.9 Å². The Balaban J connectivity index is 1.84. The third-order valence-electron chi connectivity index (χ3n) is 3.81. The first-order chi connectivity index (χ1) is 13.9. The molecule has 0 unspecified atom stereocenters. The molecule has 0 saturated carbocycles. The standard InChI is InChI=1S/C20H17ClN2O5S/c1-11-3-5-13(6-4-11)22-20-23-19(26)16(29-20)9-12-7-14(21)18(15(8-12)27-2)28-10-17(24)25/h3-9H,10H2,1-2H3,(H,24,25)(H,22,23,26)/b16-9+. The Bertz CT molecular complexity index is 1020. The summed E-state index contributed by atoms with van der Waals surface area (Å²) < 4.78 is 10.4. The van der Waals surface area contributed by atoms with E-state index < -0.39 is 12.6 Å². The maximum atomic E-state index is 12.3. The number of hydrogen-bond donors (Lipinski definition) is 2. The Morgan fingerprint density at radius 2 is 2.03 bits per heavy atom. The van der Waals surface area contributed by atoms with Crippen LogP contribution in [0.3, 0.4) is 0 Å². The molecular weight excluding hydrogens is 416 g/mol. The number of aliphatic carboxylic acids is 1. The third kappa shape index (κ3) is 5.30. The van der Waals surface area contributed by atoms with E-state index in [1.54, 1.807) is 18.2 Å². The van der Waals surface area contributed by atoms with Crippen LogP contribution in [0, 0.1) is 6.92 Å². The van der Waals surface area contributed by atoms with Gasteiger partial charge in [0.1, 0.15) is 0 Å². The number of carbonyl (C=O) groups is 2. The number of rotatable bonds is 6. The van der Waals surface area contributed by atoms with Gasteiger partial charge in [-0.05, 0) is 54.6 Å². The van der Waals surface area contributed by atoms with Crippen LogP contribution in [0.25, 0.3) is 6.08 Å². The predicted octanol–water partition coefficient (Wildman–Crippen LogP) is 4.01. The number of benzene rings is 2. The molecular formula is C20H17ClN2O5S. The molecule has 1 saturated heterocycles. The third-order valence-corrected chi connectivity index (χ3v) is 5.00. The summed E-state index contributed by atoms with van der Waals surface area (Å²) >= 11 is 7.42. The lowest BCUT2D eigenvalue weighted by molar-refractivity contribution is -0.139. The summed E-state index contributed by atoms with van der Waals surface area (Å²) in [5.74, 6) is -1.01. The zero-order valence-corrected chi connectivity index (χ0v) is 17.1. The van der Waals surface area contributed by atoms with Crippen molar-refractivity contribution in [3.05, 3.63) is 57.5 Å². The zero-order chi connectivity index (χ0) is 21.0. The lowest BCUT2D eigenvalue weighted by Crippen LogP contribution is -2.19. The summed E-state index contributed by atoms with van der Waals surface area (Å²) in [7, 11) is 1.42. The normalized spacial score (nSPS) is 16.2. The van der Waals surface area contributed by atoms with Gasteiger partial charge in [-0.2, -0.15) is 0 Å². The van der Waals surface area contributed by atoms with Crippen molar-refractivity contribution in [2.75, 3.05) is 13.7 Å². The molecule has 2 aromatic carbocycles. The first kappa shape index (κ1) is 20.8. The van der Waals surface area contributed by atoms with Crippen LogP contribution in [0.4, 0.5) is 5.69 Å². The molecule has 0 bridgehead atoms. The Labute approximate surface area is 176 Å². The molecule has 1 amide bonds. The number of aryl methyl sites for hydroxylation is 1. The van der Waals surface area contributed by atoms with Gasteiger partial charge < -0.3 is 19.9 Å². The number of nitrogens with one attached hydrogen (secondary N) is 1. The maximum Gasteiger partial charge on any atom is 0.341 e. The molecule has 2 aromatic rings. The Hall–Kier alpha value is -2.97. The highest BCUT2D eigenvalue weighted by Crippen LogP contribution is 2.38. The Morgan fingerprint density at radius 3 is 2.69 bits per heavy atom. The Kier molecular flexibility index (Phi) is 6.46. The van der Waals surface area contributed by atoms with E-state index in [1.807, 2.05) is 31.2 Å². The van der Waals surface area contributed by atoms with Crippen molar-refractivity contribution < 1.29 is 24.2 Å². The molecule has 0 aromatic heterocycles. The van der Waals surface area contributed by atoms with E-state index in [4.69, 9.17) is 26.2 Å². The molecule has 1 aliphatic rings. The van der Waals surface area contributed by atoms with Gasteiger partial charge in [0, 0.05) is 0 Å². The highest BCUT2D eigenvalue weighted by atomic mass is 35.5. The zero-order valence-electron chi connectivity index (χ0n) is 15.6. The molecule has 7 nitrogen and oxygen atoms in total. The number of hydrogen-bond acceptors (Lipinski definition) is 6. The van der Waals surface area contributed by atoms with Crippen molar-refractivity contribution in [2.45, 2.75) is 6.92 Å². The molecule has 29 heavy (non-hydrogen) atoms. The van der Waals surface area contributed by atoms with Crippen molar-refractivity contribution in [1.82, 2.24) is 5.32 Å². The number of nitrogens with zero attached hydrogens (tertiary/aromatic N) is 1. The van der Waals surface area contributed by atoms with Crippen molar-refractivity contribution in [1.29, 1.82) is 0 Å². The highest BCUT2D eigenvalue weighted by Gasteiger charge is 2.24. The molecule has 150 valence electrons. The van der Waals surface area contributed by atoms with E-state index in [0.29, 0.717) is 15.6 Å². The molecule has 1 heterocycles. The fourth-order valence-corrected chi connectivity index (χ4v) is 3.58. The van der Waals surface area contributed by atoms with Gasteiger partial charge in [0.05, 0.1) is 22.7 Å². The SMILES string of the molecule is COc1cc(/C=C2/SC(=Nc3ccc(C)cc3)NC2=O)cc(Cl)c1OCC(=O)O. The van der Waals surface area contributed by atoms with Gasteiger partial charge in [-0.25, -0.2) is 9.79 Å². The van der Waals surface area contributed by atoms with Gasteiger partial charge in [0.2, 0.25) is 0 Å². The average molecular weight is 433 g/mol. The lowest BCUT2D eigenvalue weighted by Gasteiger charge is -2.12. The first-order valence-electron chi connectivity index (χ1n) is 8.44. The number of ether oxygens (including phenoxy) is 2. The van der Waals surface area contributed by atoms with Crippen LogP contribution in [-0.2, 0) is 9.59 Å². The van der Waals surface area contributed by atoms with E-state index in [2.05, 4.69) is 10.3 Å². The second-order valence-corrected chi connectivity index (χ2v) is 7.47. The van der Waals surface area contributed by atoms with E-state index in [1.165, 1.54) is 18.9 Å². The predicted molar refractivity (Wildman–Crippen MR) is 113 cm³/mol. The van der Waals surface area contributed by atoms with Crippen LogP contribution >= 0.6 is 23.4 Å². The number of carbonyl (C=O) groups excluding carboxylic acids is 1. The molecule has 0 spiro atoms. The number of amides is 1. The maximum absolute atomic E-state index is 12.3. The van der Waals surface area contributed by atoms with Crippen LogP contribution in [0.2, 0.25) is 5.02 Å². The van der Waals surface area contributed by atoms with Gasteiger partial charge in [-0.1, -0.05) is 29.3 Å². The second kappa shape index (κ2) is 9.02. The molecule has 3 rings (SSSR count). The van der Waals surface area contributed by atoms with Gasteiger partial charge in [0.25, 0.3) is 5.91 Å². The smallest absolute Gasteiger partial charge is 0.341 e. The number of methoxy groups -OCH3 is 1. The number of amidine groups is 1. The van der Waals surface area contributed by atoms with Gasteiger partial charge in [-0.15, -0.1) is 0 Å². The fraction of sp³-hybridized carbons (Fsp3) is 0.150. The molecule has 0 atom stereocenters. The molecule has 1 fully saturated rings. The number of carboxylic acid groups (broad SMARTS) is 1. The molecule has 0 radical (unpaired) electrons. The first-order valence-corrected chi connectivity index (χ1v) is 9.63. The average Bonchev–Trinajstić information content (AvgIpc) is 3.01. The largest absolute Gasteiger partial charge is 0.493 e. The van der Waals surface area contributed by atoms with E-state index in [0.717, 1.165) is 11.3 Å². The summed E-state index contributed by atoms with van der Waals surface area (Å²) in [6.45, 7) is 1.44. The monoisotopic (exact) mass is 432 g/mol. The van der Waals surface area contributed by atoms with Gasteiger partial charge in [0.15, 0.2) is 23.3 Å². The van der Waals surface area contributed by atoms with Crippen molar-refractivity contribution >= 4 is 52.2 Å². The Morgan fingerprint density at radius 1 is 1.31 bits per heavy atom. The van der Waals surface area contributed by atoms with Gasteiger partial charge in [-0.3, -0.25) is 4.79 Å². The van der Waals surface area contributed by atoms with Crippen LogP contribution in [0.5, 0.6) is 11.5 Å². The molecule has 0 aliphatic carbocycles. The molecule has 2 N–H and O–H groups in total. The van der Waals surface area contributed by atoms with E-state index in [9.17, 15) is 9.59 Å². The summed E-state index contributed by atoms with van der Waals surface area (Å²) in [4.78, 5) is 27.9. The van der Waals surface area contributed by atoms with E-state index >= 15 is 0 Å². The minimum atomic E-state index is -1.13. The van der Waals surface area contributed by atoms with Crippen LogP contribution in [0.15, 0.2) is 46.3 Å². The number of carboxylic acids is 1. The lowest BCUT2D eigenvalue weighted by atomic mass is 10.2. The summed E-state index contributed by atoms with van der Waals surface area (Å²) in [6, 6.07) is 10.8. The number of aliphatic imine (C=N–C) groups is 1. The number of halogens is 1.